The molecule has 4 N–H and O–H groups in total. The summed E-state index contributed by atoms with van der Waals surface area (Å²) in [7, 11) is 2.03. The third-order valence-electron chi connectivity index (χ3n) is 9.43. The number of carbonyl (C=O) groups excluding carboxylic acids is 4. The van der Waals surface area contributed by atoms with E-state index in [0.29, 0.717) is 10.4 Å². The van der Waals surface area contributed by atoms with Crippen LogP contribution in [0.2, 0.25) is 0 Å². The minimum absolute atomic E-state index is 0.0245. The van der Waals surface area contributed by atoms with E-state index in [-0.39, 0.29) is 51.0 Å². The van der Waals surface area contributed by atoms with E-state index in [2.05, 4.69) is 24.3 Å². The van der Waals surface area contributed by atoms with Gasteiger partial charge in [-0.1, -0.05) is 29.8 Å². The summed E-state index contributed by atoms with van der Waals surface area (Å²) in [6.07, 6.45) is -9.55. The number of hydrogen-bond donors (Lipinski definition) is 2. The predicted molar refractivity (Wildman–Crippen MR) is 155 cm³/mol. The molecule has 0 aliphatic carbocycles. The van der Waals surface area contributed by atoms with Crippen LogP contribution in [-0.2, 0) is 23.9 Å². The van der Waals surface area contributed by atoms with Crippen LogP contribution in [-0.4, -0.2) is 89.8 Å². The molecular formula is C31H43F6N4O5+. The zero-order valence-electron chi connectivity index (χ0n) is 26.0. The number of alkyl halides is 6. The molecule has 3 unspecified atom stereocenters. The number of nitrogens with two attached hydrogens (primary N) is 2. The Kier molecular flexibility index (Phi) is 12.4. The molecular weight excluding hydrogens is 622 g/mol. The maximum absolute atomic E-state index is 13.3. The summed E-state index contributed by atoms with van der Waals surface area (Å²) in [6.45, 7) is 2.19. The Morgan fingerprint density at radius 1 is 0.913 bits per heavy atom. The quantitative estimate of drug-likeness (QED) is 0.130. The molecule has 2 amide bonds. The second kappa shape index (κ2) is 15.2. The predicted octanol–water partition coefficient (Wildman–Crippen LogP) is 4.39. The first kappa shape index (κ1) is 37.4. The van der Waals surface area contributed by atoms with E-state index in [1.165, 1.54) is 11.1 Å². The standard InChI is InChI=1S/C31H43F6N4O5/c1-19-9-11-20(12-10-19)21-16-22-13-14-23(17-21)41(22,2)18-46-27(43)24(39)6-5-7-25(26(42)8-3-4-15-38)40(28(44)30(32,33)34)29(45)31(35,36)37/h9-12,21-25H,3-8,13-18,38-39H2,1-2H3/q+1/t21?,22?,23?,24-,25?,41?/m0/s1. The normalized spacial score (nSPS) is 24.3. The molecule has 1 aromatic carbocycles. The molecule has 1 aromatic rings. The molecule has 2 saturated heterocycles. The highest BCUT2D eigenvalue weighted by atomic mass is 19.4. The van der Waals surface area contributed by atoms with Crippen LogP contribution >= 0.6 is 0 Å². The molecule has 0 aromatic heterocycles. The Morgan fingerprint density at radius 2 is 1.46 bits per heavy atom. The largest absolute Gasteiger partial charge is 0.471 e. The summed E-state index contributed by atoms with van der Waals surface area (Å²) < 4.78 is 85.7. The monoisotopic (exact) mass is 665 g/mol. The van der Waals surface area contributed by atoms with Crippen molar-refractivity contribution in [2.24, 2.45) is 11.5 Å². The van der Waals surface area contributed by atoms with E-state index in [0.717, 1.165) is 25.7 Å². The number of ether oxygens (including phenoxy) is 1. The number of esters is 1. The number of imide groups is 1. The Hall–Kier alpha value is -3.04. The van der Waals surface area contributed by atoms with E-state index in [4.69, 9.17) is 16.2 Å². The molecule has 2 heterocycles. The van der Waals surface area contributed by atoms with Gasteiger partial charge >= 0.3 is 30.1 Å². The lowest BCUT2D eigenvalue weighted by Crippen LogP contribution is -2.58. The maximum Gasteiger partial charge on any atom is 0.471 e. The van der Waals surface area contributed by atoms with Gasteiger partial charge in [-0.15, -0.1) is 0 Å². The molecule has 46 heavy (non-hydrogen) atoms. The van der Waals surface area contributed by atoms with Crippen LogP contribution in [0.4, 0.5) is 26.3 Å². The van der Waals surface area contributed by atoms with Gasteiger partial charge in [-0.2, -0.15) is 26.3 Å². The minimum Gasteiger partial charge on any atom is -0.414 e. The van der Waals surface area contributed by atoms with Gasteiger partial charge in [-0.05, 0) is 57.1 Å². The highest BCUT2D eigenvalue weighted by molar-refractivity contribution is 6.04. The highest BCUT2D eigenvalue weighted by Gasteiger charge is 2.55. The van der Waals surface area contributed by atoms with Crippen molar-refractivity contribution in [3.63, 3.8) is 0 Å². The topological polar surface area (TPSA) is 133 Å². The smallest absolute Gasteiger partial charge is 0.414 e. The van der Waals surface area contributed by atoms with E-state index < -0.39 is 65.7 Å². The van der Waals surface area contributed by atoms with Gasteiger partial charge < -0.3 is 16.2 Å². The maximum atomic E-state index is 13.3. The summed E-state index contributed by atoms with van der Waals surface area (Å²) in [5, 5.41) is 0. The summed E-state index contributed by atoms with van der Waals surface area (Å²) in [5.41, 5.74) is 13.8. The zero-order valence-corrected chi connectivity index (χ0v) is 26.0. The first-order chi connectivity index (χ1) is 21.4. The fourth-order valence-electron chi connectivity index (χ4n) is 6.72. The molecule has 0 saturated carbocycles. The number of benzene rings is 1. The number of halogens is 6. The molecule has 15 heteroatoms. The molecule has 2 aliphatic rings. The van der Waals surface area contributed by atoms with Crippen molar-refractivity contribution in [2.45, 2.75) is 114 Å². The number of aryl methyl sites for hydroxylation is 1. The molecule has 2 fully saturated rings. The number of amides is 2. The molecule has 9 nitrogen and oxygen atoms in total. The first-order valence-corrected chi connectivity index (χ1v) is 15.5. The lowest BCUT2D eigenvalue weighted by atomic mass is 9.84. The number of piperidine rings is 1. The van der Waals surface area contributed by atoms with Crippen molar-refractivity contribution in [3.8, 4) is 0 Å². The van der Waals surface area contributed by atoms with E-state index in [9.17, 15) is 45.5 Å². The van der Waals surface area contributed by atoms with Crippen molar-refractivity contribution in [1.29, 1.82) is 0 Å². The van der Waals surface area contributed by atoms with Gasteiger partial charge in [-0.25, -0.2) is 0 Å². The van der Waals surface area contributed by atoms with Gasteiger partial charge in [-0.3, -0.25) is 28.6 Å². The Morgan fingerprint density at radius 3 is 1.96 bits per heavy atom. The first-order valence-electron chi connectivity index (χ1n) is 15.5. The lowest BCUT2D eigenvalue weighted by Gasteiger charge is -2.46. The number of unbranched alkanes of at least 4 members (excludes halogenated alkanes) is 1. The molecule has 0 radical (unpaired) electrons. The molecule has 3 rings (SSSR count). The highest BCUT2D eigenvalue weighted by Crippen LogP contribution is 2.47. The summed E-state index contributed by atoms with van der Waals surface area (Å²) in [6, 6.07) is 5.30. The molecule has 258 valence electrons. The molecule has 0 spiro atoms. The van der Waals surface area contributed by atoms with Gasteiger partial charge in [0.05, 0.1) is 25.2 Å². The van der Waals surface area contributed by atoms with E-state index in [1.807, 2.05) is 14.0 Å². The van der Waals surface area contributed by atoms with Crippen molar-refractivity contribution in [3.05, 3.63) is 35.4 Å². The molecule has 2 bridgehead atoms. The van der Waals surface area contributed by atoms with Crippen LogP contribution in [0.1, 0.15) is 81.3 Å². The molecule has 2 aliphatic heterocycles. The van der Waals surface area contributed by atoms with Gasteiger partial charge in [0.1, 0.15) is 6.04 Å². The fraction of sp³-hybridized carbons (Fsp3) is 0.677. The number of nitrogens with zero attached hydrogens (tertiary/aromatic N) is 2. The van der Waals surface area contributed by atoms with Crippen LogP contribution in [0.15, 0.2) is 24.3 Å². The van der Waals surface area contributed by atoms with Gasteiger partial charge in [0.2, 0.25) is 6.73 Å². The van der Waals surface area contributed by atoms with Gasteiger partial charge in [0.25, 0.3) is 0 Å². The third kappa shape index (κ3) is 9.06. The number of fused-ring (bicyclic) bond motifs is 2. The number of hydrogen-bond acceptors (Lipinski definition) is 7. The SMILES string of the molecule is Cc1ccc(C2CC3CCC(C2)[N+]3(C)COC(=O)[C@@H](N)CCCC(C(=O)CCCCN)N(C(=O)C(F)(F)F)C(=O)C(F)(F)F)cc1. The number of rotatable bonds is 14. The number of ketones is 1. The minimum atomic E-state index is -5.86. The second-order valence-corrected chi connectivity index (χ2v) is 12.6. The second-order valence-electron chi connectivity index (χ2n) is 12.6. The fourth-order valence-corrected chi connectivity index (χ4v) is 6.72. The number of quaternary nitrogens is 1. The lowest BCUT2D eigenvalue weighted by molar-refractivity contribution is -0.963. The van der Waals surface area contributed by atoms with Crippen molar-refractivity contribution in [1.82, 2.24) is 4.90 Å². The van der Waals surface area contributed by atoms with Crippen LogP contribution in [0, 0.1) is 6.92 Å². The van der Waals surface area contributed by atoms with Crippen LogP contribution in [0.3, 0.4) is 0 Å². The van der Waals surface area contributed by atoms with E-state index >= 15 is 0 Å². The summed E-state index contributed by atoms with van der Waals surface area (Å²) >= 11 is 0. The third-order valence-corrected chi connectivity index (χ3v) is 9.43. The summed E-state index contributed by atoms with van der Waals surface area (Å²) in [5.74, 6) is -7.79. The van der Waals surface area contributed by atoms with Crippen LogP contribution < -0.4 is 11.5 Å². The number of Topliss-reactive ketones (excluding diaryl/α,β-unsaturated/α-hetero) is 1. The van der Waals surface area contributed by atoms with Crippen LogP contribution in [0.5, 0.6) is 0 Å². The van der Waals surface area contributed by atoms with Crippen molar-refractivity contribution in [2.75, 3.05) is 20.3 Å². The average molecular weight is 666 g/mol. The van der Waals surface area contributed by atoms with Gasteiger partial charge in [0.15, 0.2) is 5.78 Å². The summed E-state index contributed by atoms with van der Waals surface area (Å²) in [4.78, 5) is 48.5. The zero-order chi connectivity index (χ0) is 34.4. The van der Waals surface area contributed by atoms with Gasteiger partial charge in [0, 0.05) is 32.1 Å². The Balaban J connectivity index is 1.63. The van der Waals surface area contributed by atoms with Crippen molar-refractivity contribution < 1.29 is 54.7 Å². The van der Waals surface area contributed by atoms with Crippen LogP contribution in [0.25, 0.3) is 0 Å². The van der Waals surface area contributed by atoms with E-state index in [1.54, 1.807) is 0 Å². The Bertz CT molecular complexity index is 1200. The molecule has 4 atom stereocenters. The Labute approximate surface area is 264 Å². The number of carbonyl (C=O) groups is 4. The van der Waals surface area contributed by atoms with Crippen molar-refractivity contribution >= 4 is 23.6 Å². The average Bonchev–Trinajstić information content (AvgIpc) is 3.13.